The van der Waals surface area contributed by atoms with Gasteiger partial charge in [-0.05, 0) is 63.7 Å². The van der Waals surface area contributed by atoms with Crippen molar-refractivity contribution in [3.05, 3.63) is 39.7 Å². The van der Waals surface area contributed by atoms with E-state index < -0.39 is 58.0 Å². The second-order valence-corrected chi connectivity index (χ2v) is 11.4. The van der Waals surface area contributed by atoms with Gasteiger partial charge in [0.2, 0.25) is 5.78 Å². The Kier molecular flexibility index (Phi) is 5.27. The molecule has 0 aromatic heterocycles. The first kappa shape index (κ1) is 24.9. The number of aliphatic hydroxyl groups excluding tert-OH is 2. The van der Waals surface area contributed by atoms with Crippen LogP contribution in [0.25, 0.3) is 5.76 Å². The van der Waals surface area contributed by atoms with Crippen molar-refractivity contribution in [2.24, 2.45) is 29.4 Å². The maximum Gasteiger partial charge on any atom is 0.255 e. The van der Waals surface area contributed by atoms with Gasteiger partial charge in [0, 0.05) is 28.7 Å². The lowest BCUT2D eigenvalue weighted by Gasteiger charge is -2.50. The predicted octanol–water partition coefficient (Wildman–Crippen LogP) is 0.253. The number of nitrogens with zero attached hydrogens (tertiary/aromatic N) is 1. The molecule has 0 bridgehead atoms. The van der Waals surface area contributed by atoms with Crippen LogP contribution < -0.4 is 15.8 Å². The minimum absolute atomic E-state index is 0.000131. The lowest BCUT2D eigenvalue weighted by Crippen LogP contribution is -2.65. The zero-order valence-corrected chi connectivity index (χ0v) is 21.3. The summed E-state index contributed by atoms with van der Waals surface area (Å²) in [4.78, 5) is 40.7. The summed E-state index contributed by atoms with van der Waals surface area (Å²) in [7, 11) is 4.66. The van der Waals surface area contributed by atoms with Crippen LogP contribution in [0.15, 0.2) is 23.0 Å². The molecule has 5 aliphatic rings. The minimum atomic E-state index is -2.65. The Bertz CT molecular complexity index is 1380. The van der Waals surface area contributed by atoms with Crippen LogP contribution in [-0.4, -0.2) is 82.2 Å². The van der Waals surface area contributed by atoms with Crippen LogP contribution in [0, 0.1) is 23.7 Å². The number of amides is 1. The van der Waals surface area contributed by atoms with Crippen molar-refractivity contribution in [2.75, 3.05) is 27.7 Å². The fraction of sp³-hybridized carbons (Fsp3) is 0.519. The summed E-state index contributed by atoms with van der Waals surface area (Å²) < 4.78 is 5.81. The quantitative estimate of drug-likeness (QED) is 0.298. The van der Waals surface area contributed by atoms with Crippen molar-refractivity contribution in [1.82, 2.24) is 10.2 Å². The van der Waals surface area contributed by atoms with E-state index in [0.29, 0.717) is 23.1 Å². The number of aromatic hydroxyl groups is 1. The molecule has 6 rings (SSSR count). The molecule has 3 fully saturated rings. The minimum Gasteiger partial charge on any atom is -0.508 e. The Morgan fingerprint density at radius 3 is 2.47 bits per heavy atom. The summed E-state index contributed by atoms with van der Waals surface area (Å²) in [5.74, 6) is -5.13. The number of carbonyl (C=O) groups is 3. The van der Waals surface area contributed by atoms with Gasteiger partial charge in [-0.1, -0.05) is 0 Å². The van der Waals surface area contributed by atoms with E-state index in [4.69, 9.17) is 10.5 Å². The van der Waals surface area contributed by atoms with Gasteiger partial charge in [0.1, 0.15) is 28.6 Å². The zero-order valence-electron chi connectivity index (χ0n) is 21.3. The second-order valence-electron chi connectivity index (χ2n) is 11.4. The molecular weight excluding hydrogens is 494 g/mol. The normalized spacial score (nSPS) is 35.6. The molecule has 1 aromatic carbocycles. The molecule has 1 aromatic rings. The molecule has 2 saturated carbocycles. The maximum absolute atomic E-state index is 13.9. The average Bonchev–Trinajstić information content (AvgIpc) is 3.50. The van der Waals surface area contributed by atoms with E-state index in [-0.39, 0.29) is 35.8 Å². The van der Waals surface area contributed by atoms with Crippen molar-refractivity contribution in [3.63, 3.8) is 0 Å². The third-order valence-corrected chi connectivity index (χ3v) is 9.24. The third kappa shape index (κ3) is 3.03. The average molecular weight is 526 g/mol. The number of likely N-dealkylation sites (N-methyl/N-ethyl adjacent to an activating group) is 1. The molecule has 7 N–H and O–H groups in total. The molecule has 1 heterocycles. The summed E-state index contributed by atoms with van der Waals surface area (Å²) >= 11 is 0. The number of benzene rings is 1. The number of ketones is 2. The number of phenols is 1. The van der Waals surface area contributed by atoms with Crippen molar-refractivity contribution in [1.29, 1.82) is 0 Å². The molecule has 11 nitrogen and oxygen atoms in total. The molecular formula is C27H31N3O8. The number of fused-ring (bicyclic) bond motifs is 4. The molecule has 1 saturated heterocycles. The highest BCUT2D eigenvalue weighted by Crippen LogP contribution is 2.57. The number of hydrogen-bond acceptors (Lipinski definition) is 10. The largest absolute Gasteiger partial charge is 0.508 e. The number of Topliss-reactive ketones (excluding diaryl/α,β-unsaturated/α-hetero) is 2. The van der Waals surface area contributed by atoms with Crippen molar-refractivity contribution < 1.29 is 39.5 Å². The number of nitrogens with one attached hydrogen (secondary N) is 1. The Morgan fingerprint density at radius 1 is 1.21 bits per heavy atom. The van der Waals surface area contributed by atoms with Gasteiger partial charge in [0.05, 0.1) is 18.7 Å². The molecule has 1 amide bonds. The number of rotatable bonds is 4. The number of phenolic OH excluding ortho intramolecular Hbond substituents is 1. The molecule has 3 unspecified atom stereocenters. The summed E-state index contributed by atoms with van der Waals surface area (Å²) in [6, 6.07) is 0.422. The van der Waals surface area contributed by atoms with E-state index in [2.05, 4.69) is 5.32 Å². The summed E-state index contributed by atoms with van der Waals surface area (Å²) in [6.07, 6.45) is 1.32. The first-order valence-corrected chi connectivity index (χ1v) is 12.7. The van der Waals surface area contributed by atoms with Gasteiger partial charge in [0.25, 0.3) is 5.91 Å². The van der Waals surface area contributed by atoms with Crippen molar-refractivity contribution >= 4 is 23.2 Å². The van der Waals surface area contributed by atoms with Gasteiger partial charge in [-0.2, -0.15) is 0 Å². The van der Waals surface area contributed by atoms with E-state index in [1.807, 2.05) is 0 Å². The fourth-order valence-corrected chi connectivity index (χ4v) is 7.47. The van der Waals surface area contributed by atoms with Gasteiger partial charge >= 0.3 is 0 Å². The van der Waals surface area contributed by atoms with Crippen LogP contribution in [0.1, 0.15) is 35.6 Å². The van der Waals surface area contributed by atoms with Gasteiger partial charge in [-0.3, -0.25) is 19.3 Å². The maximum atomic E-state index is 13.9. The molecule has 38 heavy (non-hydrogen) atoms. The van der Waals surface area contributed by atoms with E-state index in [1.54, 1.807) is 20.2 Å². The van der Waals surface area contributed by atoms with E-state index in [0.717, 1.165) is 18.5 Å². The lowest BCUT2D eigenvalue weighted by atomic mass is 9.57. The van der Waals surface area contributed by atoms with Crippen LogP contribution >= 0.6 is 0 Å². The molecule has 0 radical (unpaired) electrons. The number of piperidine rings is 1. The highest BCUT2D eigenvalue weighted by molar-refractivity contribution is 6.24. The Labute approximate surface area is 218 Å². The summed E-state index contributed by atoms with van der Waals surface area (Å²) in [5.41, 5.74) is 3.06. The van der Waals surface area contributed by atoms with E-state index >= 15 is 0 Å². The first-order valence-electron chi connectivity index (χ1n) is 12.7. The van der Waals surface area contributed by atoms with Crippen molar-refractivity contribution in [3.8, 4) is 11.5 Å². The number of ether oxygens (including phenoxy) is 1. The molecule has 202 valence electrons. The van der Waals surface area contributed by atoms with Gasteiger partial charge in [-0.15, -0.1) is 0 Å². The highest BCUT2D eigenvalue weighted by Gasteiger charge is 2.64. The number of nitrogens with two attached hydrogens (primary N) is 1. The van der Waals surface area contributed by atoms with Crippen LogP contribution in [0.3, 0.4) is 0 Å². The van der Waals surface area contributed by atoms with Crippen LogP contribution in [0.4, 0.5) is 0 Å². The highest BCUT2D eigenvalue weighted by atomic mass is 16.5. The topological polar surface area (TPSA) is 183 Å². The van der Waals surface area contributed by atoms with Crippen molar-refractivity contribution in [2.45, 2.75) is 36.9 Å². The predicted molar refractivity (Wildman–Crippen MR) is 133 cm³/mol. The Hall–Kier alpha value is -3.41. The number of carbonyl (C=O) groups excluding carboxylic acids is 3. The second kappa shape index (κ2) is 8.05. The molecule has 7 atom stereocenters. The lowest BCUT2D eigenvalue weighted by molar-refractivity contribution is -0.153. The summed E-state index contributed by atoms with van der Waals surface area (Å²) in [5, 5.41) is 48.5. The standard InChI is InChI=1S/C27H31N3O8/c1-30(2)20-14-6-9-4-12-17(15(31)7-13(23(12)38-3)19-11-5-10(11)8-29-19)21(32)16(9)24(34)27(14,37)25(35)18(22(20)33)26(28)36/h7,9-11,14,19-20,29,31-32,35,37H,4-6,8H2,1-3H3,(H2,28,36)/t9-,10?,11?,14-,19?,20-,27-/m0/s1. The molecule has 4 aliphatic carbocycles. The SMILES string of the molecule is COc1c(C2NCC3CC32)cc(O)c2c1C[C@H]1C[C@H]3[C@H](N(C)C)C(=O)C(C(N)=O)=C(O)[C@@]3(O)C(=O)C1=C2O. The van der Waals surface area contributed by atoms with Gasteiger partial charge < -0.3 is 36.2 Å². The number of hydrogen-bond donors (Lipinski definition) is 6. The molecule has 1 aliphatic heterocycles. The third-order valence-electron chi connectivity index (χ3n) is 9.24. The Balaban J connectivity index is 1.53. The molecule has 11 heteroatoms. The van der Waals surface area contributed by atoms with Crippen LogP contribution in [0.2, 0.25) is 0 Å². The first-order chi connectivity index (χ1) is 17.9. The number of aliphatic hydroxyl groups is 3. The fourth-order valence-electron chi connectivity index (χ4n) is 7.47. The van der Waals surface area contributed by atoms with Gasteiger partial charge in [0.15, 0.2) is 11.4 Å². The van der Waals surface area contributed by atoms with E-state index in [1.165, 1.54) is 12.0 Å². The van der Waals surface area contributed by atoms with Gasteiger partial charge in [-0.25, -0.2) is 0 Å². The monoisotopic (exact) mass is 525 g/mol. The van der Waals surface area contributed by atoms with Crippen LogP contribution in [0.5, 0.6) is 11.5 Å². The number of methoxy groups -OCH3 is 1. The number of primary amides is 1. The Morgan fingerprint density at radius 2 is 1.92 bits per heavy atom. The smallest absolute Gasteiger partial charge is 0.255 e. The van der Waals surface area contributed by atoms with Crippen LogP contribution in [-0.2, 0) is 20.8 Å². The summed E-state index contributed by atoms with van der Waals surface area (Å²) in [6.45, 7) is 0.882. The zero-order chi connectivity index (χ0) is 27.4. The van der Waals surface area contributed by atoms with E-state index in [9.17, 15) is 34.8 Å². The molecule has 0 spiro atoms.